The Morgan fingerprint density at radius 3 is 2.79 bits per heavy atom. The molecule has 0 radical (unpaired) electrons. The van der Waals surface area contributed by atoms with E-state index in [9.17, 15) is 4.79 Å². The van der Waals surface area contributed by atoms with Gasteiger partial charge < -0.3 is 5.32 Å². The van der Waals surface area contributed by atoms with Gasteiger partial charge in [-0.1, -0.05) is 29.3 Å². The molecule has 0 aliphatic carbocycles. The minimum atomic E-state index is -0.261. The Morgan fingerprint density at radius 2 is 2.04 bits per heavy atom. The van der Waals surface area contributed by atoms with Crippen molar-refractivity contribution in [2.45, 2.75) is 0 Å². The first-order valence-corrected chi connectivity index (χ1v) is 8.56. The maximum absolute atomic E-state index is 12.4. The molecule has 0 fully saturated rings. The lowest BCUT2D eigenvalue weighted by Gasteiger charge is -2.06. The molecule has 0 saturated heterocycles. The fraction of sp³-hybridized carbons (Fsp3) is 0. The number of anilines is 1. The molecule has 2 aromatic heterocycles. The van der Waals surface area contributed by atoms with Gasteiger partial charge in [0.25, 0.3) is 5.91 Å². The van der Waals surface area contributed by atoms with Crippen molar-refractivity contribution in [1.82, 2.24) is 4.98 Å². The summed E-state index contributed by atoms with van der Waals surface area (Å²) in [5.41, 5.74) is 1.78. The molecule has 4 nitrogen and oxygen atoms in total. The molecule has 1 N–H and O–H groups in total. The van der Waals surface area contributed by atoms with Gasteiger partial charge in [-0.3, -0.25) is 9.78 Å². The minimum Gasteiger partial charge on any atom is -0.322 e. The van der Waals surface area contributed by atoms with Crippen LogP contribution < -0.4 is 5.32 Å². The van der Waals surface area contributed by atoms with E-state index in [0.717, 1.165) is 5.69 Å². The van der Waals surface area contributed by atoms with Crippen LogP contribution in [0.2, 0.25) is 10.0 Å². The zero-order valence-corrected chi connectivity index (χ0v) is 14.6. The van der Waals surface area contributed by atoms with Crippen molar-refractivity contribution < 1.29 is 4.79 Å². The average molecular weight is 376 g/mol. The molecule has 7 heteroatoms. The van der Waals surface area contributed by atoms with Gasteiger partial charge >= 0.3 is 0 Å². The zero-order valence-electron chi connectivity index (χ0n) is 12.2. The van der Waals surface area contributed by atoms with Crippen molar-refractivity contribution in [3.05, 3.63) is 75.3 Å². The number of nitrogens with one attached hydrogen (secondary N) is 1. The van der Waals surface area contributed by atoms with Gasteiger partial charge in [0.15, 0.2) is 0 Å². The molecule has 0 spiro atoms. The number of hydrogen-bond donors (Lipinski definition) is 1. The van der Waals surface area contributed by atoms with Crippen molar-refractivity contribution in [3.8, 4) is 0 Å². The van der Waals surface area contributed by atoms with E-state index in [0.29, 0.717) is 26.3 Å². The molecule has 2 heterocycles. The third-order valence-electron chi connectivity index (χ3n) is 3.07. The van der Waals surface area contributed by atoms with Crippen LogP contribution in [0.3, 0.4) is 0 Å². The predicted molar refractivity (Wildman–Crippen MR) is 100 cm³/mol. The summed E-state index contributed by atoms with van der Waals surface area (Å²) in [5, 5.41) is 6.03. The number of hydrogen-bond acceptors (Lipinski definition) is 4. The summed E-state index contributed by atoms with van der Waals surface area (Å²) in [6.07, 6.45) is 3.31. The van der Waals surface area contributed by atoms with Crippen LogP contribution in [0.1, 0.15) is 16.1 Å². The smallest absolute Gasteiger partial charge is 0.258 e. The summed E-state index contributed by atoms with van der Waals surface area (Å²) in [5.74, 6) is -0.261. The monoisotopic (exact) mass is 375 g/mol. The number of rotatable bonds is 4. The van der Waals surface area contributed by atoms with E-state index in [1.165, 1.54) is 11.3 Å². The standard InChI is InChI=1S/C17H11Cl2N3OS/c18-14-5-4-11(9-15(14)19)22-16(23)13-6-8-24-17(13)21-10-12-3-1-2-7-20-12/h1-10H,(H,22,23)/b21-10+. The van der Waals surface area contributed by atoms with Crippen LogP contribution in [0, 0.1) is 0 Å². The minimum absolute atomic E-state index is 0.261. The number of aliphatic imine (C=N–C) groups is 1. The number of aromatic nitrogens is 1. The topological polar surface area (TPSA) is 54.4 Å². The van der Waals surface area contributed by atoms with Crippen LogP contribution in [0.4, 0.5) is 10.7 Å². The Kier molecular flexibility index (Phi) is 5.25. The quantitative estimate of drug-likeness (QED) is 0.616. The summed E-state index contributed by atoms with van der Waals surface area (Å²) < 4.78 is 0. The first kappa shape index (κ1) is 16.6. The van der Waals surface area contributed by atoms with E-state index in [1.54, 1.807) is 36.7 Å². The second-order valence-corrected chi connectivity index (χ2v) is 6.44. The Bertz CT molecular complexity index is 894. The first-order valence-electron chi connectivity index (χ1n) is 6.92. The molecule has 24 heavy (non-hydrogen) atoms. The number of amides is 1. The summed E-state index contributed by atoms with van der Waals surface area (Å²) in [7, 11) is 0. The van der Waals surface area contributed by atoms with Gasteiger partial charge in [-0.2, -0.15) is 0 Å². The molecule has 0 atom stereocenters. The third-order valence-corrected chi connectivity index (χ3v) is 4.63. The van der Waals surface area contributed by atoms with Gasteiger partial charge in [0.2, 0.25) is 0 Å². The lowest BCUT2D eigenvalue weighted by molar-refractivity contribution is 0.102. The number of pyridine rings is 1. The van der Waals surface area contributed by atoms with Crippen molar-refractivity contribution in [1.29, 1.82) is 0 Å². The van der Waals surface area contributed by atoms with E-state index < -0.39 is 0 Å². The Balaban J connectivity index is 1.78. The van der Waals surface area contributed by atoms with Crippen molar-refractivity contribution in [3.63, 3.8) is 0 Å². The number of benzene rings is 1. The molecule has 3 aromatic rings. The summed E-state index contributed by atoms with van der Waals surface area (Å²) >= 11 is 13.2. The van der Waals surface area contributed by atoms with Crippen LogP contribution >= 0.6 is 34.5 Å². The normalized spacial score (nSPS) is 10.9. The van der Waals surface area contributed by atoms with Crippen LogP contribution in [-0.2, 0) is 0 Å². The molecule has 0 aliphatic rings. The average Bonchev–Trinajstić information content (AvgIpc) is 3.06. The van der Waals surface area contributed by atoms with Gasteiger partial charge in [-0.25, -0.2) is 4.99 Å². The number of carbonyl (C=O) groups is 1. The third kappa shape index (κ3) is 4.00. The number of nitrogens with zero attached hydrogens (tertiary/aromatic N) is 2. The molecule has 1 aromatic carbocycles. The van der Waals surface area contributed by atoms with E-state index in [2.05, 4.69) is 15.3 Å². The van der Waals surface area contributed by atoms with Crippen LogP contribution in [0.15, 0.2) is 59.0 Å². The Labute approximate surface area is 152 Å². The maximum atomic E-state index is 12.4. The van der Waals surface area contributed by atoms with Crippen molar-refractivity contribution in [2.24, 2.45) is 4.99 Å². The van der Waals surface area contributed by atoms with Gasteiger partial charge in [-0.05, 0) is 41.8 Å². The van der Waals surface area contributed by atoms with Crippen LogP contribution in [0.25, 0.3) is 0 Å². The van der Waals surface area contributed by atoms with Gasteiger partial charge in [0.1, 0.15) is 5.00 Å². The van der Waals surface area contributed by atoms with Gasteiger partial charge in [0, 0.05) is 11.9 Å². The zero-order chi connectivity index (χ0) is 16.9. The van der Waals surface area contributed by atoms with Crippen molar-refractivity contribution in [2.75, 3.05) is 5.32 Å². The summed E-state index contributed by atoms with van der Waals surface area (Å²) in [4.78, 5) is 21.0. The fourth-order valence-electron chi connectivity index (χ4n) is 1.92. The van der Waals surface area contributed by atoms with Gasteiger partial charge in [-0.15, -0.1) is 11.3 Å². The molecular formula is C17H11Cl2N3OS. The van der Waals surface area contributed by atoms with Gasteiger partial charge in [0.05, 0.1) is 27.5 Å². The largest absolute Gasteiger partial charge is 0.322 e. The SMILES string of the molecule is O=C(Nc1ccc(Cl)c(Cl)c1)c1ccsc1/N=C/c1ccccn1. The second-order valence-electron chi connectivity index (χ2n) is 4.74. The molecule has 120 valence electrons. The number of thiophene rings is 1. The number of halogens is 2. The maximum Gasteiger partial charge on any atom is 0.258 e. The molecular weight excluding hydrogens is 365 g/mol. The molecule has 0 unspecified atom stereocenters. The first-order chi connectivity index (χ1) is 11.6. The molecule has 0 saturated carbocycles. The highest BCUT2D eigenvalue weighted by molar-refractivity contribution is 7.14. The molecule has 1 amide bonds. The lowest BCUT2D eigenvalue weighted by Crippen LogP contribution is -2.11. The van der Waals surface area contributed by atoms with E-state index in [1.807, 2.05) is 23.6 Å². The number of carbonyl (C=O) groups excluding carboxylic acids is 1. The molecule has 0 bridgehead atoms. The second kappa shape index (κ2) is 7.57. The van der Waals surface area contributed by atoms with Crippen LogP contribution in [0.5, 0.6) is 0 Å². The van der Waals surface area contributed by atoms with E-state index in [-0.39, 0.29) is 5.91 Å². The van der Waals surface area contributed by atoms with Crippen molar-refractivity contribution >= 4 is 57.3 Å². The van der Waals surface area contributed by atoms with E-state index in [4.69, 9.17) is 23.2 Å². The summed E-state index contributed by atoms with van der Waals surface area (Å²) in [6, 6.07) is 12.2. The van der Waals surface area contributed by atoms with Crippen LogP contribution in [-0.4, -0.2) is 17.1 Å². The summed E-state index contributed by atoms with van der Waals surface area (Å²) in [6.45, 7) is 0. The van der Waals surface area contributed by atoms with E-state index >= 15 is 0 Å². The Hall–Kier alpha value is -2.21. The highest BCUT2D eigenvalue weighted by atomic mass is 35.5. The predicted octanol–water partition coefficient (Wildman–Crippen LogP) is 5.45. The molecule has 0 aliphatic heterocycles. The lowest BCUT2D eigenvalue weighted by atomic mass is 10.2. The Morgan fingerprint density at radius 1 is 1.17 bits per heavy atom. The molecule has 3 rings (SSSR count). The fourth-order valence-corrected chi connectivity index (χ4v) is 2.96. The highest BCUT2D eigenvalue weighted by Gasteiger charge is 2.13. The highest BCUT2D eigenvalue weighted by Crippen LogP contribution is 2.29.